The predicted octanol–water partition coefficient (Wildman–Crippen LogP) is 3.21. The van der Waals surface area contributed by atoms with Crippen molar-refractivity contribution in [2.24, 2.45) is 5.92 Å². The third-order valence-corrected chi connectivity index (χ3v) is 4.94. The van der Waals surface area contributed by atoms with E-state index in [9.17, 15) is 22.8 Å². The minimum atomic E-state index is -4.48. The second-order valence-electron chi connectivity index (χ2n) is 7.56. The number of nitrogens with one attached hydrogen (secondary N) is 2. The topological polar surface area (TPSA) is 79.3 Å². The first-order chi connectivity index (χ1) is 14.2. The Labute approximate surface area is 172 Å². The number of piperidine rings is 1. The van der Waals surface area contributed by atoms with Gasteiger partial charge in [0.15, 0.2) is 0 Å². The molecule has 1 fully saturated rings. The van der Waals surface area contributed by atoms with Crippen LogP contribution in [0.2, 0.25) is 0 Å². The molecule has 0 radical (unpaired) electrons. The molecular weight excluding hydrogens is 399 g/mol. The lowest BCUT2D eigenvalue weighted by atomic mass is 9.99. The molecule has 0 atom stereocenters. The maximum Gasteiger partial charge on any atom is 0.416 e. The van der Waals surface area contributed by atoms with E-state index >= 15 is 0 Å². The molecule has 30 heavy (non-hydrogen) atoms. The standard InChI is InChI=1S/C20H24F3N5O2/c1-14-5-7-27(8-6-14)12-18(29)26-17-10-24-28(11-17)13-19(30)25-16-4-2-3-15(9-16)20(21,22)23/h2-4,9-11,14H,5-8,12-13H2,1H3,(H,25,30)(H,26,29). The van der Waals surface area contributed by atoms with Crippen molar-refractivity contribution in [1.82, 2.24) is 14.7 Å². The minimum Gasteiger partial charge on any atom is -0.324 e. The molecule has 3 rings (SSSR count). The highest BCUT2D eigenvalue weighted by Crippen LogP contribution is 2.30. The van der Waals surface area contributed by atoms with Crippen LogP contribution in [0.1, 0.15) is 25.3 Å². The monoisotopic (exact) mass is 423 g/mol. The first kappa shape index (κ1) is 21.8. The van der Waals surface area contributed by atoms with Crippen molar-refractivity contribution in [3.8, 4) is 0 Å². The molecule has 1 saturated heterocycles. The molecule has 7 nitrogen and oxygen atoms in total. The number of halogens is 3. The van der Waals surface area contributed by atoms with Gasteiger partial charge in [0.1, 0.15) is 6.54 Å². The molecule has 1 aliphatic rings. The van der Waals surface area contributed by atoms with Gasteiger partial charge in [-0.2, -0.15) is 18.3 Å². The summed E-state index contributed by atoms with van der Waals surface area (Å²) in [5.74, 6) is -0.000107. The van der Waals surface area contributed by atoms with E-state index in [1.54, 1.807) is 0 Å². The van der Waals surface area contributed by atoms with Gasteiger partial charge in [0, 0.05) is 11.9 Å². The second kappa shape index (κ2) is 9.29. The molecule has 2 amide bonds. The third kappa shape index (κ3) is 6.31. The fourth-order valence-electron chi connectivity index (χ4n) is 3.26. The zero-order valence-corrected chi connectivity index (χ0v) is 16.6. The molecule has 2 heterocycles. The van der Waals surface area contributed by atoms with Crippen LogP contribution in [0.5, 0.6) is 0 Å². The molecule has 1 aromatic carbocycles. The third-order valence-electron chi connectivity index (χ3n) is 4.94. The summed E-state index contributed by atoms with van der Waals surface area (Å²) in [6.45, 7) is 4.09. The average molecular weight is 423 g/mol. The summed E-state index contributed by atoms with van der Waals surface area (Å²) in [5, 5.41) is 9.18. The van der Waals surface area contributed by atoms with Gasteiger partial charge in [-0.1, -0.05) is 13.0 Å². The van der Waals surface area contributed by atoms with Gasteiger partial charge < -0.3 is 10.6 Å². The number of amides is 2. The largest absolute Gasteiger partial charge is 0.416 e. The Morgan fingerprint density at radius 2 is 1.77 bits per heavy atom. The van der Waals surface area contributed by atoms with Gasteiger partial charge in [0.05, 0.1) is 24.0 Å². The lowest BCUT2D eigenvalue weighted by Crippen LogP contribution is -2.38. The maximum absolute atomic E-state index is 12.8. The molecule has 0 unspecified atom stereocenters. The number of benzene rings is 1. The summed E-state index contributed by atoms with van der Waals surface area (Å²) in [4.78, 5) is 26.4. The average Bonchev–Trinajstić information content (AvgIpc) is 3.09. The number of anilines is 2. The molecule has 0 saturated carbocycles. The van der Waals surface area contributed by atoms with Crippen LogP contribution in [0.4, 0.5) is 24.5 Å². The maximum atomic E-state index is 12.8. The minimum absolute atomic E-state index is 0.0476. The fraction of sp³-hybridized carbons (Fsp3) is 0.450. The highest BCUT2D eigenvalue weighted by molar-refractivity contribution is 5.92. The predicted molar refractivity (Wildman–Crippen MR) is 106 cm³/mol. The van der Waals surface area contributed by atoms with Crippen LogP contribution in [0, 0.1) is 5.92 Å². The first-order valence-electron chi connectivity index (χ1n) is 9.71. The van der Waals surface area contributed by atoms with E-state index in [1.807, 2.05) is 0 Å². The fourth-order valence-corrected chi connectivity index (χ4v) is 3.26. The summed E-state index contributed by atoms with van der Waals surface area (Å²) >= 11 is 0. The molecule has 0 bridgehead atoms. The molecule has 162 valence electrons. The van der Waals surface area contributed by atoms with Crippen molar-refractivity contribution in [2.45, 2.75) is 32.5 Å². The molecular formula is C20H24F3N5O2. The van der Waals surface area contributed by atoms with Gasteiger partial charge in [-0.05, 0) is 50.0 Å². The number of rotatable bonds is 6. The first-order valence-corrected chi connectivity index (χ1v) is 9.71. The van der Waals surface area contributed by atoms with E-state index in [-0.39, 0.29) is 18.1 Å². The van der Waals surface area contributed by atoms with E-state index in [0.29, 0.717) is 18.2 Å². The Bertz CT molecular complexity index is 889. The Morgan fingerprint density at radius 3 is 2.47 bits per heavy atom. The van der Waals surface area contributed by atoms with Crippen molar-refractivity contribution in [3.63, 3.8) is 0 Å². The van der Waals surface area contributed by atoms with Gasteiger partial charge in [-0.3, -0.25) is 19.2 Å². The quantitative estimate of drug-likeness (QED) is 0.748. The Hall–Kier alpha value is -2.88. The Balaban J connectivity index is 1.49. The zero-order chi connectivity index (χ0) is 21.7. The van der Waals surface area contributed by atoms with E-state index in [0.717, 1.165) is 38.1 Å². The van der Waals surface area contributed by atoms with Crippen molar-refractivity contribution in [3.05, 3.63) is 42.2 Å². The van der Waals surface area contributed by atoms with E-state index < -0.39 is 17.6 Å². The van der Waals surface area contributed by atoms with Crippen LogP contribution in [-0.2, 0) is 22.3 Å². The SMILES string of the molecule is CC1CCN(CC(=O)Nc2cnn(CC(=O)Nc3cccc(C(F)(F)F)c3)c2)CC1. The van der Waals surface area contributed by atoms with E-state index in [4.69, 9.17) is 0 Å². The van der Waals surface area contributed by atoms with E-state index in [2.05, 4.69) is 27.6 Å². The van der Waals surface area contributed by atoms with Gasteiger partial charge >= 0.3 is 6.18 Å². The number of carbonyl (C=O) groups is 2. The smallest absolute Gasteiger partial charge is 0.324 e. The van der Waals surface area contributed by atoms with Crippen molar-refractivity contribution in [1.29, 1.82) is 0 Å². The number of carbonyl (C=O) groups excluding carboxylic acids is 2. The van der Waals surface area contributed by atoms with Gasteiger partial charge in [-0.15, -0.1) is 0 Å². The molecule has 1 aliphatic heterocycles. The normalized spacial score (nSPS) is 15.7. The second-order valence-corrected chi connectivity index (χ2v) is 7.56. The van der Waals surface area contributed by atoms with Crippen LogP contribution in [0.15, 0.2) is 36.7 Å². The molecule has 2 N–H and O–H groups in total. The molecule has 0 spiro atoms. The number of alkyl halides is 3. The van der Waals surface area contributed by atoms with Crippen LogP contribution in [0.3, 0.4) is 0 Å². The molecule has 10 heteroatoms. The summed E-state index contributed by atoms with van der Waals surface area (Å²) in [6, 6.07) is 4.41. The van der Waals surface area contributed by atoms with Crippen molar-refractivity contribution >= 4 is 23.2 Å². The Kier molecular flexibility index (Phi) is 6.76. The zero-order valence-electron chi connectivity index (χ0n) is 16.6. The van der Waals surface area contributed by atoms with Gasteiger partial charge in [0.25, 0.3) is 0 Å². The number of nitrogens with zero attached hydrogens (tertiary/aromatic N) is 3. The lowest BCUT2D eigenvalue weighted by Gasteiger charge is -2.29. The van der Waals surface area contributed by atoms with Crippen LogP contribution in [0.25, 0.3) is 0 Å². The van der Waals surface area contributed by atoms with Crippen LogP contribution in [-0.4, -0.2) is 46.1 Å². The molecule has 2 aromatic rings. The van der Waals surface area contributed by atoms with Crippen molar-refractivity contribution < 1.29 is 22.8 Å². The molecule has 0 aliphatic carbocycles. The highest BCUT2D eigenvalue weighted by Gasteiger charge is 2.30. The van der Waals surface area contributed by atoms with Crippen molar-refractivity contribution in [2.75, 3.05) is 30.3 Å². The number of aromatic nitrogens is 2. The number of hydrogen-bond acceptors (Lipinski definition) is 4. The van der Waals surface area contributed by atoms with Gasteiger partial charge in [-0.25, -0.2) is 0 Å². The highest BCUT2D eigenvalue weighted by atomic mass is 19.4. The number of hydrogen-bond donors (Lipinski definition) is 2. The number of likely N-dealkylation sites (tertiary alicyclic amines) is 1. The van der Waals surface area contributed by atoms with E-state index in [1.165, 1.54) is 29.2 Å². The van der Waals surface area contributed by atoms with Gasteiger partial charge in [0.2, 0.25) is 11.8 Å². The summed E-state index contributed by atoms with van der Waals surface area (Å²) in [5.41, 5.74) is -0.337. The summed E-state index contributed by atoms with van der Waals surface area (Å²) < 4.78 is 39.6. The van der Waals surface area contributed by atoms with Crippen LogP contribution >= 0.6 is 0 Å². The summed E-state index contributed by atoms with van der Waals surface area (Å²) in [7, 11) is 0. The summed E-state index contributed by atoms with van der Waals surface area (Å²) in [6.07, 6.45) is 0.594. The Morgan fingerprint density at radius 1 is 1.10 bits per heavy atom. The lowest BCUT2D eigenvalue weighted by molar-refractivity contribution is -0.137. The van der Waals surface area contributed by atoms with Crippen LogP contribution < -0.4 is 10.6 Å². The molecule has 1 aromatic heterocycles.